The number of pyridine rings is 1. The molecule has 3 heterocycles. The minimum atomic E-state index is -0.886. The summed E-state index contributed by atoms with van der Waals surface area (Å²) in [6, 6.07) is 2.33. The quantitative estimate of drug-likeness (QED) is 0.881. The van der Waals surface area contributed by atoms with Crippen molar-refractivity contribution in [1.29, 1.82) is 0 Å². The molecule has 1 aromatic rings. The van der Waals surface area contributed by atoms with Crippen molar-refractivity contribution in [2.75, 3.05) is 26.3 Å². The molecule has 2 aliphatic rings. The molecule has 0 saturated carbocycles. The molecule has 0 bridgehead atoms. The van der Waals surface area contributed by atoms with Crippen LogP contribution in [-0.4, -0.2) is 53.3 Å². The molecular formula is C15H20N2O3. The van der Waals surface area contributed by atoms with E-state index in [1.807, 2.05) is 6.07 Å². The highest BCUT2D eigenvalue weighted by atomic mass is 16.5. The first kappa shape index (κ1) is 13.5. The molecule has 0 unspecified atom stereocenters. The van der Waals surface area contributed by atoms with Gasteiger partial charge in [-0.05, 0) is 31.4 Å². The summed E-state index contributed by atoms with van der Waals surface area (Å²) in [4.78, 5) is 18.2. The molecule has 5 heteroatoms. The molecule has 0 aliphatic carbocycles. The summed E-state index contributed by atoms with van der Waals surface area (Å²) in [5.74, 6) is -0.886. The van der Waals surface area contributed by atoms with Crippen LogP contribution in [0.2, 0.25) is 0 Å². The van der Waals surface area contributed by atoms with Crippen molar-refractivity contribution in [2.45, 2.75) is 32.2 Å². The number of aromatic nitrogens is 1. The number of nitrogens with zero attached hydrogens (tertiary/aromatic N) is 2. The second-order valence-electron chi connectivity index (χ2n) is 5.59. The largest absolute Gasteiger partial charge is 0.478 e. The number of aromatic carboxylic acids is 1. The second kappa shape index (κ2) is 5.50. The Kier molecular flexibility index (Phi) is 3.72. The summed E-state index contributed by atoms with van der Waals surface area (Å²) in [6.45, 7) is 5.40. The van der Waals surface area contributed by atoms with E-state index >= 15 is 0 Å². The van der Waals surface area contributed by atoms with Crippen LogP contribution >= 0.6 is 0 Å². The van der Waals surface area contributed by atoms with Gasteiger partial charge < -0.3 is 9.84 Å². The number of rotatable bonds is 2. The summed E-state index contributed by atoms with van der Waals surface area (Å²) in [5.41, 5.74) is 3.11. The number of carboxylic acids is 1. The lowest BCUT2D eigenvalue weighted by Gasteiger charge is -2.25. The van der Waals surface area contributed by atoms with Gasteiger partial charge >= 0.3 is 5.97 Å². The van der Waals surface area contributed by atoms with Gasteiger partial charge in [-0.2, -0.15) is 0 Å². The number of hydrogen-bond acceptors (Lipinski definition) is 4. The molecule has 1 N–H and O–H groups in total. The third-order valence-corrected chi connectivity index (χ3v) is 4.34. The van der Waals surface area contributed by atoms with Crippen molar-refractivity contribution >= 4 is 5.97 Å². The highest BCUT2D eigenvalue weighted by Crippen LogP contribution is 2.21. The number of carboxylic acid groups (broad SMARTS) is 1. The second-order valence-corrected chi connectivity index (χ2v) is 5.59. The Morgan fingerprint density at radius 2 is 2.25 bits per heavy atom. The van der Waals surface area contributed by atoms with E-state index in [4.69, 9.17) is 4.74 Å². The van der Waals surface area contributed by atoms with Crippen molar-refractivity contribution < 1.29 is 14.6 Å². The maximum absolute atomic E-state index is 11.2. The van der Waals surface area contributed by atoms with E-state index in [9.17, 15) is 9.90 Å². The Labute approximate surface area is 118 Å². The first-order chi connectivity index (χ1) is 9.65. The molecule has 0 amide bonds. The molecule has 0 spiro atoms. The van der Waals surface area contributed by atoms with E-state index in [-0.39, 0.29) is 0 Å². The summed E-state index contributed by atoms with van der Waals surface area (Å²) >= 11 is 0. The third kappa shape index (κ3) is 2.55. The number of carbonyl (C=O) groups is 1. The van der Waals surface area contributed by atoms with Gasteiger partial charge in [0.25, 0.3) is 0 Å². The Hall–Kier alpha value is -1.46. The standard InChI is InChI=1S/C15H20N2O3/c1-10-13(15(18)19)8-11-2-5-17(6-3-14(11)16-10)12-4-7-20-9-12/h8,12H,2-7,9H2,1H3,(H,18,19)/t12-/m1/s1. The normalized spacial score (nSPS) is 23.4. The summed E-state index contributed by atoms with van der Waals surface area (Å²) in [7, 11) is 0. The van der Waals surface area contributed by atoms with Crippen LogP contribution in [0.1, 0.15) is 33.7 Å². The smallest absolute Gasteiger partial charge is 0.337 e. The number of ether oxygens (including phenoxy) is 1. The molecular weight excluding hydrogens is 256 g/mol. The molecule has 0 aromatic carbocycles. The van der Waals surface area contributed by atoms with Crippen LogP contribution < -0.4 is 0 Å². The van der Waals surface area contributed by atoms with Crippen LogP contribution in [-0.2, 0) is 17.6 Å². The van der Waals surface area contributed by atoms with E-state index in [2.05, 4.69) is 9.88 Å². The van der Waals surface area contributed by atoms with E-state index < -0.39 is 5.97 Å². The van der Waals surface area contributed by atoms with Gasteiger partial charge in [0.05, 0.1) is 17.9 Å². The van der Waals surface area contributed by atoms with Crippen LogP contribution in [0.5, 0.6) is 0 Å². The first-order valence-electron chi connectivity index (χ1n) is 7.19. The van der Waals surface area contributed by atoms with Gasteiger partial charge in [0.1, 0.15) is 0 Å². The highest BCUT2D eigenvalue weighted by molar-refractivity contribution is 5.89. The predicted molar refractivity (Wildman–Crippen MR) is 74.1 cm³/mol. The molecule has 0 radical (unpaired) electrons. The maximum atomic E-state index is 11.2. The molecule has 3 rings (SSSR count). The van der Waals surface area contributed by atoms with E-state index in [1.54, 1.807) is 6.92 Å². The molecule has 20 heavy (non-hydrogen) atoms. The highest BCUT2D eigenvalue weighted by Gasteiger charge is 2.26. The zero-order valence-corrected chi connectivity index (χ0v) is 11.8. The molecule has 1 fully saturated rings. The third-order valence-electron chi connectivity index (χ3n) is 4.34. The lowest BCUT2D eigenvalue weighted by Crippen LogP contribution is -2.37. The summed E-state index contributed by atoms with van der Waals surface area (Å²) in [6.07, 6.45) is 2.87. The lowest BCUT2D eigenvalue weighted by molar-refractivity contribution is 0.0695. The predicted octanol–water partition coefficient (Wildman–Crippen LogP) is 1.28. The molecule has 1 atom stereocenters. The fraction of sp³-hybridized carbons (Fsp3) is 0.600. The van der Waals surface area contributed by atoms with Crippen molar-refractivity contribution in [2.24, 2.45) is 0 Å². The van der Waals surface area contributed by atoms with Crippen molar-refractivity contribution in [3.8, 4) is 0 Å². The van der Waals surface area contributed by atoms with Crippen LogP contribution in [0.25, 0.3) is 0 Å². The van der Waals surface area contributed by atoms with Crippen molar-refractivity contribution in [1.82, 2.24) is 9.88 Å². The lowest BCUT2D eigenvalue weighted by atomic mass is 10.0. The average molecular weight is 276 g/mol. The summed E-state index contributed by atoms with van der Waals surface area (Å²) < 4.78 is 5.46. The molecule has 108 valence electrons. The zero-order valence-electron chi connectivity index (χ0n) is 11.8. The van der Waals surface area contributed by atoms with Crippen LogP contribution in [0, 0.1) is 6.92 Å². The van der Waals surface area contributed by atoms with Gasteiger partial charge in [0, 0.05) is 37.9 Å². The topological polar surface area (TPSA) is 62.7 Å². The van der Waals surface area contributed by atoms with Gasteiger partial charge in [-0.15, -0.1) is 0 Å². The van der Waals surface area contributed by atoms with E-state index in [0.717, 1.165) is 56.8 Å². The molecule has 5 nitrogen and oxygen atoms in total. The minimum Gasteiger partial charge on any atom is -0.478 e. The van der Waals surface area contributed by atoms with Crippen LogP contribution in [0.15, 0.2) is 6.07 Å². The monoisotopic (exact) mass is 276 g/mol. The van der Waals surface area contributed by atoms with Gasteiger partial charge in [-0.25, -0.2) is 4.79 Å². The van der Waals surface area contributed by atoms with Crippen LogP contribution in [0.3, 0.4) is 0 Å². The number of fused-ring (bicyclic) bond motifs is 1. The van der Waals surface area contributed by atoms with Crippen molar-refractivity contribution in [3.05, 3.63) is 28.6 Å². The van der Waals surface area contributed by atoms with Crippen LogP contribution in [0.4, 0.5) is 0 Å². The Morgan fingerprint density at radius 3 is 2.95 bits per heavy atom. The SMILES string of the molecule is Cc1nc2c(cc1C(=O)O)CCN([C@@H]1CCOC1)CC2. The Balaban J connectivity index is 1.81. The fourth-order valence-corrected chi connectivity index (χ4v) is 3.15. The summed E-state index contributed by atoms with van der Waals surface area (Å²) in [5, 5.41) is 9.20. The maximum Gasteiger partial charge on any atom is 0.337 e. The molecule has 1 aromatic heterocycles. The average Bonchev–Trinajstić information content (AvgIpc) is 2.86. The Morgan fingerprint density at radius 1 is 1.45 bits per heavy atom. The number of hydrogen-bond donors (Lipinski definition) is 1. The Bertz CT molecular complexity index is 524. The zero-order chi connectivity index (χ0) is 14.1. The molecule has 2 aliphatic heterocycles. The van der Waals surface area contributed by atoms with E-state index in [0.29, 0.717) is 17.3 Å². The van der Waals surface area contributed by atoms with Gasteiger partial charge in [-0.1, -0.05) is 0 Å². The van der Waals surface area contributed by atoms with Crippen molar-refractivity contribution in [3.63, 3.8) is 0 Å². The number of aryl methyl sites for hydroxylation is 1. The van der Waals surface area contributed by atoms with Gasteiger partial charge in [0.2, 0.25) is 0 Å². The minimum absolute atomic E-state index is 0.335. The van der Waals surface area contributed by atoms with E-state index in [1.165, 1.54) is 0 Å². The first-order valence-corrected chi connectivity index (χ1v) is 7.19. The molecule has 1 saturated heterocycles. The van der Waals surface area contributed by atoms with Gasteiger partial charge in [0.15, 0.2) is 0 Å². The fourth-order valence-electron chi connectivity index (χ4n) is 3.15. The van der Waals surface area contributed by atoms with Gasteiger partial charge in [-0.3, -0.25) is 9.88 Å².